The predicted molar refractivity (Wildman–Crippen MR) is 65.0 cm³/mol. The number of nitrogens with two attached hydrogens (primary N) is 1. The lowest BCUT2D eigenvalue weighted by molar-refractivity contribution is -0.131. The third-order valence-corrected chi connectivity index (χ3v) is 3.49. The molecule has 4 amide bonds. The number of nitrogens with one attached hydrogen (secondary N) is 2. The van der Waals surface area contributed by atoms with Crippen LogP contribution in [0.4, 0.5) is 10.7 Å². The molecule has 2 aliphatic rings. The lowest BCUT2D eigenvalue weighted by Gasteiger charge is -2.20. The summed E-state index contributed by atoms with van der Waals surface area (Å²) in [6, 6.07) is -0.520. The molecule has 1 atom stereocenters. The second-order valence-corrected chi connectivity index (χ2v) is 4.86. The number of rotatable bonds is 2. The van der Waals surface area contributed by atoms with Gasteiger partial charge in [-0.1, -0.05) is 0 Å². The Morgan fingerprint density at radius 1 is 1.50 bits per heavy atom. The lowest BCUT2D eigenvalue weighted by atomic mass is 10.00. The maximum atomic E-state index is 12.1. The van der Waals surface area contributed by atoms with Gasteiger partial charge in [0.05, 0.1) is 6.54 Å². The van der Waals surface area contributed by atoms with Crippen LogP contribution >= 0.6 is 0 Å². The van der Waals surface area contributed by atoms with E-state index in [9.17, 15) is 14.4 Å². The molecule has 4 N–H and O–H groups in total. The Hall–Kier alpha value is -2.65. The number of nitrogens with zero attached hydrogens (tertiary/aromatic N) is 4. The van der Waals surface area contributed by atoms with Crippen molar-refractivity contribution in [3.63, 3.8) is 0 Å². The summed E-state index contributed by atoms with van der Waals surface area (Å²) in [6.45, 7) is 0.556. The van der Waals surface area contributed by atoms with Crippen molar-refractivity contribution in [2.24, 2.45) is 0 Å². The first-order valence-corrected chi connectivity index (χ1v) is 6.05. The van der Waals surface area contributed by atoms with Crippen LogP contribution in [0.2, 0.25) is 0 Å². The zero-order chi connectivity index (χ0) is 14.3. The molecule has 0 saturated carbocycles. The maximum Gasteiger partial charge on any atom is 0.322 e. The highest BCUT2D eigenvalue weighted by Gasteiger charge is 2.51. The molecule has 106 valence electrons. The van der Waals surface area contributed by atoms with Gasteiger partial charge in [-0.25, -0.2) is 14.5 Å². The van der Waals surface area contributed by atoms with E-state index in [1.54, 1.807) is 0 Å². The van der Waals surface area contributed by atoms with Crippen molar-refractivity contribution in [1.82, 2.24) is 30.3 Å². The van der Waals surface area contributed by atoms with Gasteiger partial charge in [-0.05, 0) is 6.42 Å². The summed E-state index contributed by atoms with van der Waals surface area (Å²) in [7, 11) is 0. The van der Waals surface area contributed by atoms with Gasteiger partial charge in [-0.3, -0.25) is 14.9 Å². The molecule has 0 aliphatic carbocycles. The van der Waals surface area contributed by atoms with E-state index in [4.69, 9.17) is 5.73 Å². The van der Waals surface area contributed by atoms with Crippen LogP contribution in [0.1, 0.15) is 6.42 Å². The Morgan fingerprint density at radius 2 is 2.30 bits per heavy atom. The quantitative estimate of drug-likeness (QED) is 0.520. The number of likely N-dealkylation sites (tertiary alicyclic amines) is 1. The fourth-order valence-corrected chi connectivity index (χ4v) is 2.46. The first-order valence-electron chi connectivity index (χ1n) is 6.05. The molecule has 2 saturated heterocycles. The van der Waals surface area contributed by atoms with Crippen molar-refractivity contribution in [2.45, 2.75) is 18.5 Å². The van der Waals surface area contributed by atoms with Crippen LogP contribution in [0.15, 0.2) is 6.33 Å². The molecule has 10 heteroatoms. The number of amides is 4. The predicted octanol–water partition coefficient (Wildman–Crippen LogP) is -2.33. The highest BCUT2D eigenvalue weighted by Crippen LogP contribution is 2.24. The molecule has 1 spiro atoms. The van der Waals surface area contributed by atoms with Crippen LogP contribution in [-0.4, -0.2) is 56.1 Å². The van der Waals surface area contributed by atoms with E-state index in [-0.39, 0.29) is 30.9 Å². The zero-order valence-electron chi connectivity index (χ0n) is 10.5. The molecule has 1 unspecified atom stereocenters. The highest BCUT2D eigenvalue weighted by atomic mass is 16.2. The summed E-state index contributed by atoms with van der Waals surface area (Å²) in [5.41, 5.74) is 4.38. The van der Waals surface area contributed by atoms with Crippen molar-refractivity contribution in [3.05, 3.63) is 6.33 Å². The van der Waals surface area contributed by atoms with Crippen LogP contribution in [-0.2, 0) is 16.1 Å². The third kappa shape index (κ3) is 1.94. The van der Waals surface area contributed by atoms with Gasteiger partial charge in [-0.2, -0.15) is 0 Å². The van der Waals surface area contributed by atoms with Gasteiger partial charge in [0.2, 0.25) is 11.9 Å². The summed E-state index contributed by atoms with van der Waals surface area (Å²) in [6.07, 6.45) is 1.76. The maximum absolute atomic E-state index is 12.1. The van der Waals surface area contributed by atoms with Crippen molar-refractivity contribution in [3.8, 4) is 0 Å². The van der Waals surface area contributed by atoms with Crippen molar-refractivity contribution < 1.29 is 14.4 Å². The molecule has 10 nitrogen and oxygen atoms in total. The highest BCUT2D eigenvalue weighted by molar-refractivity contribution is 6.07. The number of anilines is 1. The Labute approximate surface area is 113 Å². The number of carbonyl (C=O) groups excluding carboxylic acids is 3. The molecule has 1 aromatic rings. The van der Waals surface area contributed by atoms with Gasteiger partial charge in [-0.15, -0.1) is 5.10 Å². The smallest absolute Gasteiger partial charge is 0.322 e. The van der Waals surface area contributed by atoms with Crippen molar-refractivity contribution in [2.75, 3.05) is 18.8 Å². The Morgan fingerprint density at radius 3 is 2.90 bits per heavy atom. The number of imide groups is 1. The van der Waals surface area contributed by atoms with E-state index in [2.05, 4.69) is 20.7 Å². The Bertz CT molecular complexity index is 597. The molecule has 3 heterocycles. The van der Waals surface area contributed by atoms with E-state index in [0.717, 1.165) is 0 Å². The largest absolute Gasteiger partial charge is 0.367 e. The third-order valence-electron chi connectivity index (χ3n) is 3.49. The fraction of sp³-hybridized carbons (Fsp3) is 0.500. The molecule has 1 aromatic heterocycles. The zero-order valence-corrected chi connectivity index (χ0v) is 10.5. The van der Waals surface area contributed by atoms with E-state index >= 15 is 0 Å². The molecule has 0 radical (unpaired) electrons. The summed E-state index contributed by atoms with van der Waals surface area (Å²) in [5, 5.41) is 8.60. The number of carbonyl (C=O) groups is 3. The summed E-state index contributed by atoms with van der Waals surface area (Å²) < 4.78 is 1.33. The van der Waals surface area contributed by atoms with E-state index < -0.39 is 11.6 Å². The summed E-state index contributed by atoms with van der Waals surface area (Å²) in [4.78, 5) is 40.3. The van der Waals surface area contributed by atoms with Gasteiger partial charge < -0.3 is 16.0 Å². The van der Waals surface area contributed by atoms with Gasteiger partial charge >= 0.3 is 6.03 Å². The topological polar surface area (TPSA) is 135 Å². The Balaban J connectivity index is 1.66. The second kappa shape index (κ2) is 4.18. The van der Waals surface area contributed by atoms with Gasteiger partial charge in [0.15, 0.2) is 0 Å². The molecular formula is C10H13N7O3. The second-order valence-electron chi connectivity index (χ2n) is 4.86. The molecule has 2 aliphatic heterocycles. The number of hydrogen-bond donors (Lipinski definition) is 3. The molecule has 0 bridgehead atoms. The molecule has 0 aromatic carbocycles. The monoisotopic (exact) mass is 279 g/mol. The molecule has 3 rings (SSSR count). The van der Waals surface area contributed by atoms with Crippen molar-refractivity contribution >= 4 is 23.8 Å². The minimum absolute atomic E-state index is 0.00412. The summed E-state index contributed by atoms with van der Waals surface area (Å²) >= 11 is 0. The first-order chi connectivity index (χ1) is 9.48. The molecular weight excluding hydrogens is 266 g/mol. The van der Waals surface area contributed by atoms with Gasteiger partial charge in [0.25, 0.3) is 5.91 Å². The van der Waals surface area contributed by atoms with Gasteiger partial charge in [0.1, 0.15) is 18.4 Å². The fourth-order valence-electron chi connectivity index (χ4n) is 2.46. The number of aromatic nitrogens is 3. The molecule has 20 heavy (non-hydrogen) atoms. The average Bonchev–Trinajstić information content (AvgIpc) is 3.03. The minimum atomic E-state index is -0.992. The average molecular weight is 279 g/mol. The van der Waals surface area contributed by atoms with Crippen LogP contribution in [0.3, 0.4) is 0 Å². The van der Waals surface area contributed by atoms with Crippen molar-refractivity contribution in [1.29, 1.82) is 0 Å². The summed E-state index contributed by atoms with van der Waals surface area (Å²) in [5.74, 6) is -0.498. The molecule has 2 fully saturated rings. The normalized spacial score (nSPS) is 25.1. The van der Waals surface area contributed by atoms with E-state index in [1.807, 2.05) is 0 Å². The van der Waals surface area contributed by atoms with Crippen LogP contribution in [0.5, 0.6) is 0 Å². The Kier molecular flexibility index (Phi) is 2.59. The van der Waals surface area contributed by atoms with E-state index in [1.165, 1.54) is 15.9 Å². The number of hydrogen-bond acceptors (Lipinski definition) is 6. The van der Waals surface area contributed by atoms with Crippen LogP contribution in [0, 0.1) is 0 Å². The number of urea groups is 1. The van der Waals surface area contributed by atoms with Crippen LogP contribution in [0.25, 0.3) is 0 Å². The minimum Gasteiger partial charge on any atom is -0.367 e. The number of nitrogen functional groups attached to an aromatic ring is 1. The van der Waals surface area contributed by atoms with Gasteiger partial charge in [0, 0.05) is 6.54 Å². The SMILES string of the molecule is Nc1ncn(CC(=O)N2CCC3(C2)NC(=O)NC3=O)n1. The van der Waals surface area contributed by atoms with E-state index in [0.29, 0.717) is 13.0 Å². The lowest BCUT2D eigenvalue weighted by Crippen LogP contribution is -2.49. The standard InChI is InChI=1S/C10H13N7O3/c11-8-12-5-17(15-8)3-6(18)16-2-1-10(4-16)7(19)13-9(20)14-10/h5H,1-4H2,(H2,11,15)(H2,13,14,19,20). The van der Waals surface area contributed by atoms with Crippen LogP contribution < -0.4 is 16.4 Å². The first kappa shape index (κ1) is 12.4.